The minimum atomic E-state index is -3.31. The molecule has 0 radical (unpaired) electrons. The third-order valence-electron chi connectivity index (χ3n) is 5.21. The lowest BCUT2D eigenvalue weighted by Gasteiger charge is -2.23. The van der Waals surface area contributed by atoms with Crippen LogP contribution < -0.4 is 5.69 Å². The van der Waals surface area contributed by atoms with E-state index in [0.29, 0.717) is 12.0 Å². The molecule has 0 fully saturated rings. The summed E-state index contributed by atoms with van der Waals surface area (Å²) in [6, 6.07) is 13.8. The zero-order chi connectivity index (χ0) is 21.9. The third kappa shape index (κ3) is 4.71. The average Bonchev–Trinajstić information content (AvgIpc) is 2.71. The Balaban J connectivity index is 2.05. The molecule has 3 rings (SSSR count). The van der Waals surface area contributed by atoms with Crippen molar-refractivity contribution in [2.75, 3.05) is 6.26 Å². The Morgan fingerprint density at radius 1 is 1.07 bits per heavy atom. The maximum absolute atomic E-state index is 11.8. The van der Waals surface area contributed by atoms with E-state index in [4.69, 9.17) is 0 Å². The predicted octanol–water partition coefficient (Wildman–Crippen LogP) is 3.52. The SMILES string of the molecule is Cc1ccccc1[C@@H](CC(N=O)c1cnc(=O)n(C)c1)c1ccc(S(C)(=O)=O)cc1. The lowest BCUT2D eigenvalue weighted by atomic mass is 9.83. The Bertz CT molecular complexity index is 1220. The summed E-state index contributed by atoms with van der Waals surface area (Å²) < 4.78 is 24.9. The van der Waals surface area contributed by atoms with Crippen molar-refractivity contribution in [3.63, 3.8) is 0 Å². The fourth-order valence-corrected chi connectivity index (χ4v) is 4.17. The quantitative estimate of drug-likeness (QED) is 0.539. The van der Waals surface area contributed by atoms with Gasteiger partial charge in [-0.05, 0) is 42.2 Å². The fraction of sp³-hybridized carbons (Fsp3) is 0.273. The highest BCUT2D eigenvalue weighted by Crippen LogP contribution is 2.37. The largest absolute Gasteiger partial charge is 0.347 e. The molecule has 7 nitrogen and oxygen atoms in total. The van der Waals surface area contributed by atoms with E-state index in [0.717, 1.165) is 16.7 Å². The van der Waals surface area contributed by atoms with Crippen molar-refractivity contribution < 1.29 is 8.42 Å². The van der Waals surface area contributed by atoms with Crippen molar-refractivity contribution in [2.45, 2.75) is 30.2 Å². The molecule has 0 aliphatic carbocycles. The lowest BCUT2D eigenvalue weighted by Crippen LogP contribution is -2.20. The van der Waals surface area contributed by atoms with Gasteiger partial charge in [0.25, 0.3) is 0 Å². The first-order valence-electron chi connectivity index (χ1n) is 9.41. The number of hydrogen-bond acceptors (Lipinski definition) is 6. The Morgan fingerprint density at radius 2 is 1.73 bits per heavy atom. The number of nitrogens with zero attached hydrogens (tertiary/aromatic N) is 3. The van der Waals surface area contributed by atoms with Crippen molar-refractivity contribution in [3.8, 4) is 0 Å². The minimum absolute atomic E-state index is 0.195. The van der Waals surface area contributed by atoms with Crippen LogP contribution in [0.25, 0.3) is 0 Å². The number of rotatable bonds is 7. The standard InChI is InChI=1S/C22H23N3O4S/c1-15-6-4-5-7-19(15)20(16-8-10-18(11-9-16)30(3,28)29)12-21(24-27)17-13-23-22(26)25(2)14-17/h4-11,13-14,20-21H,12H2,1-3H3/t20-,21?/m0/s1. The first-order chi connectivity index (χ1) is 14.2. The lowest BCUT2D eigenvalue weighted by molar-refractivity contribution is 0.582. The molecule has 0 saturated carbocycles. The number of aromatic nitrogens is 2. The molecule has 1 aromatic heterocycles. The molecule has 0 N–H and O–H groups in total. The van der Waals surface area contributed by atoms with Crippen molar-refractivity contribution in [3.05, 3.63) is 98.6 Å². The van der Waals surface area contributed by atoms with Crippen LogP contribution >= 0.6 is 0 Å². The highest BCUT2D eigenvalue weighted by molar-refractivity contribution is 7.90. The van der Waals surface area contributed by atoms with Gasteiger partial charge in [0.1, 0.15) is 6.04 Å². The van der Waals surface area contributed by atoms with Crippen LogP contribution in [0, 0.1) is 11.8 Å². The highest BCUT2D eigenvalue weighted by atomic mass is 32.2. The van der Waals surface area contributed by atoms with Crippen LogP contribution in [0.5, 0.6) is 0 Å². The van der Waals surface area contributed by atoms with Gasteiger partial charge in [-0.25, -0.2) is 18.2 Å². The van der Waals surface area contributed by atoms with Crippen LogP contribution in [-0.2, 0) is 16.9 Å². The van der Waals surface area contributed by atoms with Gasteiger partial charge >= 0.3 is 5.69 Å². The zero-order valence-electron chi connectivity index (χ0n) is 17.0. The summed E-state index contributed by atoms with van der Waals surface area (Å²) in [5, 5.41) is 3.31. The van der Waals surface area contributed by atoms with E-state index < -0.39 is 21.6 Å². The summed E-state index contributed by atoms with van der Waals surface area (Å²) in [4.78, 5) is 27.4. The summed E-state index contributed by atoms with van der Waals surface area (Å²) in [5.74, 6) is -0.195. The maximum atomic E-state index is 11.8. The molecule has 0 amide bonds. The van der Waals surface area contributed by atoms with Gasteiger partial charge in [-0.1, -0.05) is 41.6 Å². The summed E-state index contributed by atoms with van der Waals surface area (Å²) >= 11 is 0. The second kappa shape index (κ2) is 8.71. The van der Waals surface area contributed by atoms with Gasteiger partial charge in [0, 0.05) is 37.2 Å². The van der Waals surface area contributed by atoms with E-state index in [2.05, 4.69) is 10.2 Å². The van der Waals surface area contributed by atoms with Crippen LogP contribution in [0.1, 0.15) is 40.6 Å². The molecule has 8 heteroatoms. The second-order valence-corrected chi connectivity index (χ2v) is 9.40. The summed E-state index contributed by atoms with van der Waals surface area (Å²) in [5.41, 5.74) is 3.10. The highest BCUT2D eigenvalue weighted by Gasteiger charge is 2.24. The van der Waals surface area contributed by atoms with Gasteiger partial charge in [0.2, 0.25) is 0 Å². The van der Waals surface area contributed by atoms with E-state index in [-0.39, 0.29) is 10.8 Å². The van der Waals surface area contributed by atoms with Crippen molar-refractivity contribution in [2.24, 2.45) is 12.2 Å². The smallest absolute Gasteiger partial charge is 0.302 e. The van der Waals surface area contributed by atoms with Crippen molar-refractivity contribution >= 4 is 9.84 Å². The molecule has 0 saturated heterocycles. The maximum Gasteiger partial charge on any atom is 0.347 e. The Morgan fingerprint density at radius 3 is 2.30 bits per heavy atom. The number of aryl methyl sites for hydroxylation is 2. The fourth-order valence-electron chi connectivity index (χ4n) is 3.54. The van der Waals surface area contributed by atoms with E-state index in [1.807, 2.05) is 31.2 Å². The average molecular weight is 426 g/mol. The van der Waals surface area contributed by atoms with Crippen LogP contribution in [0.15, 0.2) is 75.8 Å². The van der Waals surface area contributed by atoms with Crippen LogP contribution in [-0.4, -0.2) is 24.2 Å². The summed E-state index contributed by atoms with van der Waals surface area (Å²) in [6.07, 6.45) is 4.48. The molecule has 30 heavy (non-hydrogen) atoms. The third-order valence-corrected chi connectivity index (χ3v) is 6.34. The van der Waals surface area contributed by atoms with Gasteiger partial charge < -0.3 is 4.57 Å². The Hall–Kier alpha value is -3.13. The number of hydrogen-bond donors (Lipinski definition) is 0. The normalized spacial score (nSPS) is 13.6. The summed E-state index contributed by atoms with van der Waals surface area (Å²) in [6.45, 7) is 1.99. The topological polar surface area (TPSA) is 98.5 Å². The van der Waals surface area contributed by atoms with Gasteiger partial charge in [0.05, 0.1) is 4.90 Å². The Labute approximate surface area is 175 Å². The number of benzene rings is 2. The van der Waals surface area contributed by atoms with Crippen LogP contribution in [0.2, 0.25) is 0 Å². The van der Waals surface area contributed by atoms with E-state index in [1.165, 1.54) is 17.0 Å². The predicted molar refractivity (Wildman–Crippen MR) is 115 cm³/mol. The zero-order valence-corrected chi connectivity index (χ0v) is 17.8. The first kappa shape index (κ1) is 21.6. The molecular formula is C22H23N3O4S. The monoisotopic (exact) mass is 425 g/mol. The molecule has 1 heterocycles. The molecule has 0 bridgehead atoms. The van der Waals surface area contributed by atoms with Crippen LogP contribution in [0.4, 0.5) is 0 Å². The van der Waals surface area contributed by atoms with E-state index in [9.17, 15) is 18.1 Å². The van der Waals surface area contributed by atoms with Gasteiger partial charge in [0.15, 0.2) is 9.84 Å². The Kier molecular flexibility index (Phi) is 6.26. The first-order valence-corrected chi connectivity index (χ1v) is 11.3. The molecule has 1 unspecified atom stereocenters. The van der Waals surface area contributed by atoms with Gasteiger partial charge in [-0.3, -0.25) is 0 Å². The van der Waals surface area contributed by atoms with E-state index in [1.54, 1.807) is 37.5 Å². The number of sulfone groups is 1. The minimum Gasteiger partial charge on any atom is -0.302 e. The van der Waals surface area contributed by atoms with Crippen molar-refractivity contribution in [1.82, 2.24) is 9.55 Å². The molecule has 2 aromatic carbocycles. The van der Waals surface area contributed by atoms with Gasteiger partial charge in [-0.2, -0.15) is 4.91 Å². The van der Waals surface area contributed by atoms with Crippen molar-refractivity contribution in [1.29, 1.82) is 0 Å². The molecule has 2 atom stereocenters. The number of nitroso groups, excluding NO2 is 1. The van der Waals surface area contributed by atoms with Crippen LogP contribution in [0.3, 0.4) is 0 Å². The summed E-state index contributed by atoms with van der Waals surface area (Å²) in [7, 11) is -1.73. The molecule has 0 aliphatic rings. The molecule has 156 valence electrons. The van der Waals surface area contributed by atoms with Gasteiger partial charge in [-0.15, -0.1) is 0 Å². The molecule has 0 aliphatic heterocycles. The van der Waals surface area contributed by atoms with E-state index >= 15 is 0 Å². The molecular weight excluding hydrogens is 402 g/mol. The molecule has 0 spiro atoms. The second-order valence-electron chi connectivity index (χ2n) is 7.39. The molecule has 3 aromatic rings.